The van der Waals surface area contributed by atoms with E-state index in [1.807, 2.05) is 0 Å². The zero-order valence-electron chi connectivity index (χ0n) is 11.9. The molecular weight excluding hydrogens is 369 g/mol. The Labute approximate surface area is 140 Å². The second-order valence-electron chi connectivity index (χ2n) is 4.61. The molecule has 0 radical (unpaired) electrons. The zero-order valence-corrected chi connectivity index (χ0v) is 13.5. The first-order valence-electron chi connectivity index (χ1n) is 6.69. The minimum Gasteiger partial charge on any atom is -0.383 e. The van der Waals surface area contributed by atoms with E-state index in [-0.39, 0.29) is 17.8 Å². The van der Waals surface area contributed by atoms with Gasteiger partial charge < -0.3 is 10.6 Å². The van der Waals surface area contributed by atoms with Crippen molar-refractivity contribution in [3.8, 4) is 0 Å². The highest BCUT2D eigenvalue weighted by atomic mass is 79.9. The van der Waals surface area contributed by atoms with Crippen LogP contribution in [0.2, 0.25) is 0 Å². The molecule has 0 saturated carbocycles. The molecule has 2 aromatic rings. The molecule has 0 atom stereocenters. The van der Waals surface area contributed by atoms with E-state index < -0.39 is 16.6 Å². The van der Waals surface area contributed by atoms with Gasteiger partial charge in [0.25, 0.3) is 11.6 Å². The molecule has 1 amide bonds. The van der Waals surface area contributed by atoms with Gasteiger partial charge in [-0.1, -0.05) is 15.9 Å². The Morgan fingerprint density at radius 2 is 1.87 bits per heavy atom. The van der Waals surface area contributed by atoms with Crippen LogP contribution in [0.5, 0.6) is 0 Å². The third kappa shape index (κ3) is 4.75. The number of non-ortho nitro benzene ring substituents is 1. The fraction of sp³-hybridized carbons (Fsp3) is 0.133. The molecule has 6 nitrogen and oxygen atoms in total. The van der Waals surface area contributed by atoms with Crippen molar-refractivity contribution in [3.63, 3.8) is 0 Å². The molecule has 8 heteroatoms. The summed E-state index contributed by atoms with van der Waals surface area (Å²) < 4.78 is 14.2. The minimum atomic E-state index is -0.597. The second-order valence-corrected chi connectivity index (χ2v) is 5.53. The first kappa shape index (κ1) is 16.9. The summed E-state index contributed by atoms with van der Waals surface area (Å²) in [5, 5.41) is 16.1. The van der Waals surface area contributed by atoms with E-state index >= 15 is 0 Å². The molecule has 2 rings (SSSR count). The van der Waals surface area contributed by atoms with E-state index in [1.54, 1.807) is 18.2 Å². The highest BCUT2D eigenvalue weighted by molar-refractivity contribution is 9.10. The number of nitrogens with one attached hydrogen (secondary N) is 2. The Bertz CT molecular complexity index is 722. The molecule has 0 saturated heterocycles. The lowest BCUT2D eigenvalue weighted by molar-refractivity contribution is -0.384. The maximum Gasteiger partial charge on any atom is 0.269 e. The van der Waals surface area contributed by atoms with Crippen molar-refractivity contribution in [3.05, 3.63) is 68.4 Å². The van der Waals surface area contributed by atoms with E-state index in [2.05, 4.69) is 26.6 Å². The smallest absolute Gasteiger partial charge is 0.269 e. The van der Waals surface area contributed by atoms with Crippen LogP contribution < -0.4 is 10.6 Å². The number of anilines is 1. The summed E-state index contributed by atoms with van der Waals surface area (Å²) in [7, 11) is 0. The SMILES string of the molecule is O=C(NCCNc1ccc([N+](=O)[O-])cc1)c1ccc(Br)cc1F. The highest BCUT2D eigenvalue weighted by Crippen LogP contribution is 2.16. The summed E-state index contributed by atoms with van der Waals surface area (Å²) in [6, 6.07) is 10.1. The second kappa shape index (κ2) is 7.68. The van der Waals surface area contributed by atoms with E-state index in [9.17, 15) is 19.3 Å². The number of hydrogen-bond donors (Lipinski definition) is 2. The van der Waals surface area contributed by atoms with Gasteiger partial charge in [0.2, 0.25) is 0 Å². The van der Waals surface area contributed by atoms with Gasteiger partial charge in [0, 0.05) is 35.4 Å². The summed E-state index contributed by atoms with van der Waals surface area (Å²) in [5.41, 5.74) is 0.678. The third-order valence-corrected chi connectivity index (χ3v) is 3.49. The monoisotopic (exact) mass is 381 g/mol. The number of carbonyl (C=O) groups excluding carboxylic acids is 1. The van der Waals surface area contributed by atoms with Crippen LogP contribution in [0.15, 0.2) is 46.9 Å². The van der Waals surface area contributed by atoms with Gasteiger partial charge in [-0.25, -0.2) is 4.39 Å². The predicted octanol–water partition coefficient (Wildman–Crippen LogP) is 3.34. The predicted molar refractivity (Wildman–Crippen MR) is 88.0 cm³/mol. The molecule has 0 aromatic heterocycles. The summed E-state index contributed by atoms with van der Waals surface area (Å²) >= 11 is 3.13. The number of rotatable bonds is 6. The molecule has 0 bridgehead atoms. The van der Waals surface area contributed by atoms with Crippen molar-refractivity contribution in [1.29, 1.82) is 0 Å². The molecule has 23 heavy (non-hydrogen) atoms. The van der Waals surface area contributed by atoms with E-state index in [1.165, 1.54) is 24.3 Å². The summed E-state index contributed by atoms with van der Waals surface area (Å²) in [5.74, 6) is -1.10. The van der Waals surface area contributed by atoms with Gasteiger partial charge in [-0.05, 0) is 30.3 Å². The Balaban J connectivity index is 1.80. The maximum atomic E-state index is 13.6. The van der Waals surface area contributed by atoms with Gasteiger partial charge in [-0.15, -0.1) is 0 Å². The molecular formula is C15H13BrFN3O3. The molecule has 120 valence electrons. The topological polar surface area (TPSA) is 84.3 Å². The molecule has 0 spiro atoms. The van der Waals surface area contributed by atoms with Crippen molar-refractivity contribution in [2.24, 2.45) is 0 Å². The van der Waals surface area contributed by atoms with Gasteiger partial charge in [-0.3, -0.25) is 14.9 Å². The summed E-state index contributed by atoms with van der Waals surface area (Å²) in [6.07, 6.45) is 0. The largest absolute Gasteiger partial charge is 0.383 e. The van der Waals surface area contributed by atoms with Crippen LogP contribution in [0.4, 0.5) is 15.8 Å². The first-order chi connectivity index (χ1) is 11.0. The average molecular weight is 382 g/mol. The number of nitrogens with zero attached hydrogens (tertiary/aromatic N) is 1. The Kier molecular flexibility index (Phi) is 5.64. The van der Waals surface area contributed by atoms with Gasteiger partial charge in [0.1, 0.15) is 5.82 Å². The Hall–Kier alpha value is -2.48. The quantitative estimate of drug-likeness (QED) is 0.456. The van der Waals surface area contributed by atoms with Crippen molar-refractivity contribution >= 4 is 33.2 Å². The molecule has 0 aliphatic carbocycles. The molecule has 2 N–H and O–H groups in total. The highest BCUT2D eigenvalue weighted by Gasteiger charge is 2.11. The van der Waals surface area contributed by atoms with Crippen LogP contribution in [-0.4, -0.2) is 23.9 Å². The van der Waals surface area contributed by atoms with Gasteiger partial charge >= 0.3 is 0 Å². The van der Waals surface area contributed by atoms with Crippen LogP contribution in [0.1, 0.15) is 10.4 Å². The van der Waals surface area contributed by atoms with Gasteiger partial charge in [-0.2, -0.15) is 0 Å². The average Bonchev–Trinajstić information content (AvgIpc) is 2.51. The lowest BCUT2D eigenvalue weighted by Crippen LogP contribution is -2.29. The van der Waals surface area contributed by atoms with Gasteiger partial charge in [0.05, 0.1) is 10.5 Å². The van der Waals surface area contributed by atoms with E-state index in [0.29, 0.717) is 16.7 Å². The number of hydrogen-bond acceptors (Lipinski definition) is 4. The van der Waals surface area contributed by atoms with Gasteiger partial charge in [0.15, 0.2) is 0 Å². The van der Waals surface area contributed by atoms with Crippen molar-refractivity contribution in [2.45, 2.75) is 0 Å². The maximum absolute atomic E-state index is 13.6. The van der Waals surface area contributed by atoms with Crippen molar-refractivity contribution in [1.82, 2.24) is 5.32 Å². The number of halogens is 2. The van der Waals surface area contributed by atoms with Crippen LogP contribution in [0.25, 0.3) is 0 Å². The number of nitro benzene ring substituents is 1. The summed E-state index contributed by atoms with van der Waals surface area (Å²) in [4.78, 5) is 21.9. The number of amides is 1. The molecule has 2 aromatic carbocycles. The minimum absolute atomic E-state index is 0.00886. The zero-order chi connectivity index (χ0) is 16.8. The molecule has 0 aliphatic rings. The Morgan fingerprint density at radius 1 is 1.17 bits per heavy atom. The fourth-order valence-electron chi connectivity index (χ4n) is 1.85. The third-order valence-electron chi connectivity index (χ3n) is 2.99. The summed E-state index contributed by atoms with van der Waals surface area (Å²) in [6.45, 7) is 0.688. The first-order valence-corrected chi connectivity index (χ1v) is 7.48. The lowest BCUT2D eigenvalue weighted by atomic mass is 10.2. The number of benzene rings is 2. The normalized spacial score (nSPS) is 10.2. The van der Waals surface area contributed by atoms with Crippen LogP contribution in [-0.2, 0) is 0 Å². The molecule has 0 aliphatic heterocycles. The Morgan fingerprint density at radius 3 is 2.48 bits per heavy atom. The van der Waals surface area contributed by atoms with E-state index in [4.69, 9.17) is 0 Å². The van der Waals surface area contributed by atoms with E-state index in [0.717, 1.165) is 0 Å². The van der Waals surface area contributed by atoms with Crippen LogP contribution >= 0.6 is 15.9 Å². The lowest BCUT2D eigenvalue weighted by Gasteiger charge is -2.08. The van der Waals surface area contributed by atoms with Crippen LogP contribution in [0.3, 0.4) is 0 Å². The van der Waals surface area contributed by atoms with Crippen molar-refractivity contribution in [2.75, 3.05) is 18.4 Å². The number of nitro groups is 1. The van der Waals surface area contributed by atoms with Crippen LogP contribution in [0, 0.1) is 15.9 Å². The van der Waals surface area contributed by atoms with Crippen molar-refractivity contribution < 1.29 is 14.1 Å². The molecule has 0 heterocycles. The fourth-order valence-corrected chi connectivity index (χ4v) is 2.19. The number of carbonyl (C=O) groups is 1. The standard InChI is InChI=1S/C15H13BrFN3O3/c16-10-1-6-13(14(17)9-10)15(21)19-8-7-18-11-2-4-12(5-3-11)20(22)23/h1-6,9,18H,7-8H2,(H,19,21). The molecule has 0 fully saturated rings. The molecule has 0 unspecified atom stereocenters.